The second-order valence-corrected chi connectivity index (χ2v) is 0.224. The Bertz CT molecular complexity index is 31.9. The summed E-state index contributed by atoms with van der Waals surface area (Å²) in [5.41, 5.74) is 0. The quantitative estimate of drug-likeness (QED) is 0.303. The summed E-state index contributed by atoms with van der Waals surface area (Å²) >= 11 is 0. The Morgan fingerprint density at radius 2 is 0.889 bits per heavy atom. The average molecular weight is 223 g/mol. The summed E-state index contributed by atoms with van der Waals surface area (Å²) in [5.74, 6) is 0. The summed E-state index contributed by atoms with van der Waals surface area (Å²) in [6.07, 6.45) is 0. The van der Waals surface area contributed by atoms with Crippen molar-refractivity contribution in [2.75, 3.05) is 0 Å². The van der Waals surface area contributed by atoms with Crippen molar-refractivity contribution in [1.82, 2.24) is 0 Å². The molecule has 56 valence electrons. The van der Waals surface area contributed by atoms with Crippen LogP contribution >= 0.6 is 0 Å². The van der Waals surface area contributed by atoms with Gasteiger partial charge in [0.2, 0.25) is 0 Å². The zero-order valence-electron chi connectivity index (χ0n) is 4.25. The van der Waals surface area contributed by atoms with Crippen molar-refractivity contribution in [3.63, 3.8) is 0 Å². The zero-order chi connectivity index (χ0) is 3.58. The van der Waals surface area contributed by atoms with Gasteiger partial charge in [0.15, 0.2) is 0 Å². The van der Waals surface area contributed by atoms with Gasteiger partial charge >= 0.3 is 32.7 Å². The van der Waals surface area contributed by atoms with E-state index >= 15 is 0 Å². The fourth-order valence-corrected chi connectivity index (χ4v) is 0. The number of hydrogen-bond acceptors (Lipinski definition) is 3. The van der Waals surface area contributed by atoms with Gasteiger partial charge in [0.05, 0.1) is 5.09 Å². The molecule has 0 bridgehead atoms. The van der Waals surface area contributed by atoms with Gasteiger partial charge in [-0.15, -0.1) is 0 Å². The Labute approximate surface area is 75.1 Å². The smallest absolute Gasteiger partial charge is 0.412 e. The molecule has 0 saturated heterocycles. The van der Waals surface area contributed by atoms with Crippen LogP contribution in [0.1, 0.15) is 0 Å². The molecule has 0 aliphatic rings. The van der Waals surface area contributed by atoms with Crippen LogP contribution < -0.4 is 0 Å². The number of hydrogen-bond donors (Lipinski definition) is 0. The molecule has 0 aromatic heterocycles. The topological polar surface area (TPSA) is 192 Å². The first-order chi connectivity index (χ1) is 1.73. The maximum Gasteiger partial charge on any atom is 3.00 e. The molecule has 0 fully saturated rings. The van der Waals surface area contributed by atoms with Gasteiger partial charge in [-0.05, 0) is 0 Å². The van der Waals surface area contributed by atoms with E-state index in [1.165, 1.54) is 0 Å². The van der Waals surface area contributed by atoms with Gasteiger partial charge in [0.25, 0.3) is 0 Å². The molecule has 0 atom stereocenters. The minimum Gasteiger partial charge on any atom is -0.412 e. The average Bonchev–Trinajstić information content (AvgIpc) is 0.811. The van der Waals surface area contributed by atoms with Crippen molar-refractivity contribution in [3.8, 4) is 0 Å². The predicted octanol–water partition coefficient (Wildman–Crippen LogP) is -3.54. The minimum absolute atomic E-state index is 0. The van der Waals surface area contributed by atoms with Gasteiger partial charge in [-0.25, -0.2) is 0 Å². The second-order valence-electron chi connectivity index (χ2n) is 0.224. The molecule has 0 rings (SSSR count). The molecule has 0 radical (unpaired) electrons. The van der Waals surface area contributed by atoms with Gasteiger partial charge in [0.1, 0.15) is 0 Å². The molecule has 0 aromatic rings. The van der Waals surface area contributed by atoms with E-state index in [1.807, 2.05) is 0 Å². The molecule has 9 heavy (non-hydrogen) atoms. The number of nitrogens with zero attached hydrogens (tertiary/aromatic N) is 1. The minimum atomic E-state index is -1.75. The van der Waals surface area contributed by atoms with E-state index in [9.17, 15) is 0 Å². The van der Waals surface area contributed by atoms with Crippen molar-refractivity contribution < 1.29 is 59.7 Å². The summed E-state index contributed by atoms with van der Waals surface area (Å²) in [6.45, 7) is 0. The van der Waals surface area contributed by atoms with Crippen LogP contribution in [0.3, 0.4) is 0 Å². The molecule has 8 N–H and O–H groups in total. The molecule has 8 nitrogen and oxygen atoms in total. The monoisotopic (exact) mass is 223 g/mol. The maximum absolute atomic E-state index is 8.25. The van der Waals surface area contributed by atoms with Gasteiger partial charge in [-0.2, -0.15) is 0 Å². The zero-order valence-corrected chi connectivity index (χ0v) is 7.09. The van der Waals surface area contributed by atoms with Crippen LogP contribution in [0, 0.1) is 15.3 Å². The third-order valence-corrected chi connectivity index (χ3v) is 0. The van der Waals surface area contributed by atoms with E-state index in [2.05, 4.69) is 0 Å². The van der Waals surface area contributed by atoms with E-state index in [-0.39, 0.29) is 54.6 Å². The number of rotatable bonds is 0. The van der Waals surface area contributed by atoms with Crippen LogP contribution in [0.2, 0.25) is 0 Å². The van der Waals surface area contributed by atoms with E-state index in [4.69, 9.17) is 15.3 Å². The molecule has 0 aliphatic carbocycles. The third kappa shape index (κ3) is 14800. The van der Waals surface area contributed by atoms with Crippen LogP contribution in [-0.2, 0) is 32.7 Å². The third-order valence-electron chi connectivity index (χ3n) is 0. The van der Waals surface area contributed by atoms with Gasteiger partial charge < -0.3 is 37.2 Å². The molecule has 0 saturated carbocycles. The fourth-order valence-electron chi connectivity index (χ4n) is 0. The second kappa shape index (κ2) is 42.1. The molecule has 0 unspecified atom stereocenters. The van der Waals surface area contributed by atoms with Crippen molar-refractivity contribution in [3.05, 3.63) is 15.3 Å². The first kappa shape index (κ1) is 61.4. The van der Waals surface area contributed by atoms with Gasteiger partial charge in [-0.1, -0.05) is 0 Å². The van der Waals surface area contributed by atoms with E-state index in [1.54, 1.807) is 0 Å². The Morgan fingerprint density at radius 1 is 0.889 bits per heavy atom. The summed E-state index contributed by atoms with van der Waals surface area (Å²) in [7, 11) is 0. The van der Waals surface area contributed by atoms with Crippen molar-refractivity contribution in [2.45, 2.75) is 0 Å². The fraction of sp³-hybridized carbons (Fsp3) is 0. The predicted molar refractivity (Wildman–Crippen MR) is 24.8 cm³/mol. The summed E-state index contributed by atoms with van der Waals surface area (Å²) in [6, 6.07) is 0. The Balaban J connectivity index is -0.00000000450. The van der Waals surface area contributed by atoms with Crippen LogP contribution in [-0.4, -0.2) is 27.0 Å². The molecule has 0 aromatic carbocycles. The standard InChI is InChI=1S/NO3.4H2O.Y/c2-1(3)4;;;;;/h;4*1H2;/q-1;;;;;+3. The Hall–Kier alpha value is 0.144. The largest absolute Gasteiger partial charge is 3.00 e. The van der Waals surface area contributed by atoms with Crippen LogP contribution in [0.5, 0.6) is 0 Å². The maximum atomic E-state index is 8.25. The van der Waals surface area contributed by atoms with E-state index in [0.29, 0.717) is 0 Å². The molecular weight excluding hydrogens is 215 g/mol. The van der Waals surface area contributed by atoms with Gasteiger partial charge in [0, 0.05) is 0 Å². The Kier molecular flexibility index (Phi) is 287. The van der Waals surface area contributed by atoms with Crippen molar-refractivity contribution in [1.29, 1.82) is 0 Å². The molecule has 0 heterocycles. The normalized spacial score (nSPS) is 2.67. The van der Waals surface area contributed by atoms with Crippen molar-refractivity contribution >= 4 is 0 Å². The summed E-state index contributed by atoms with van der Waals surface area (Å²) in [5, 5.41) is 14.8. The van der Waals surface area contributed by atoms with Crippen molar-refractivity contribution in [2.24, 2.45) is 0 Å². The first-order valence-electron chi connectivity index (χ1n) is 0.548. The van der Waals surface area contributed by atoms with Crippen LogP contribution in [0.25, 0.3) is 0 Å². The first-order valence-corrected chi connectivity index (χ1v) is 0.548. The van der Waals surface area contributed by atoms with Crippen LogP contribution in [0.15, 0.2) is 0 Å². The summed E-state index contributed by atoms with van der Waals surface area (Å²) in [4.78, 5) is 8.25. The molecule has 0 spiro atoms. The molecule has 0 amide bonds. The van der Waals surface area contributed by atoms with E-state index < -0.39 is 5.09 Å². The van der Waals surface area contributed by atoms with Crippen LogP contribution in [0.4, 0.5) is 0 Å². The summed E-state index contributed by atoms with van der Waals surface area (Å²) < 4.78 is 0. The molecule has 9 heteroatoms. The molecular formula is H8NO7Y+2. The Morgan fingerprint density at radius 3 is 0.889 bits per heavy atom. The molecule has 0 aliphatic heterocycles. The van der Waals surface area contributed by atoms with Gasteiger partial charge in [-0.3, -0.25) is 0 Å². The van der Waals surface area contributed by atoms with E-state index in [0.717, 1.165) is 0 Å². The SMILES string of the molecule is O.O.O.O.O=[N+]([O-])[O-].[Y+3].